The third kappa shape index (κ3) is 1.68. The molecule has 10 heavy (non-hydrogen) atoms. The van der Waals surface area contributed by atoms with Gasteiger partial charge in [0, 0.05) is 26.2 Å². The normalized spacial score (nSPS) is 36.3. The highest BCUT2D eigenvalue weighted by Gasteiger charge is 2.21. The Labute approximate surface area is 62.0 Å². The topological polar surface area (TPSA) is 35.5 Å². The molecular formula is C7H16N2O. The standard InChI is InChI=1S/C7H16N2O/c1-6-3-7(5-10)4-8-9(6)2/h6-8,10H,3-5H2,1-2H3. The second kappa shape index (κ2) is 3.32. The van der Waals surface area contributed by atoms with E-state index in [0.717, 1.165) is 13.0 Å². The van der Waals surface area contributed by atoms with Gasteiger partial charge < -0.3 is 5.11 Å². The summed E-state index contributed by atoms with van der Waals surface area (Å²) < 4.78 is 0. The van der Waals surface area contributed by atoms with Crippen molar-refractivity contribution in [2.24, 2.45) is 5.92 Å². The monoisotopic (exact) mass is 144 g/mol. The second-order valence-electron chi connectivity index (χ2n) is 3.11. The van der Waals surface area contributed by atoms with Crippen LogP contribution in [0.3, 0.4) is 0 Å². The number of hydrazine groups is 1. The van der Waals surface area contributed by atoms with Gasteiger partial charge in [0.2, 0.25) is 0 Å². The predicted molar refractivity (Wildman–Crippen MR) is 40.4 cm³/mol. The molecule has 1 aliphatic rings. The van der Waals surface area contributed by atoms with Crippen LogP contribution in [0.5, 0.6) is 0 Å². The minimum atomic E-state index is 0.311. The molecule has 2 unspecified atom stereocenters. The average Bonchev–Trinajstić information content (AvgIpc) is 1.95. The Bertz CT molecular complexity index is 108. The van der Waals surface area contributed by atoms with E-state index in [1.807, 2.05) is 7.05 Å². The molecule has 0 aromatic carbocycles. The molecule has 1 rings (SSSR count). The SMILES string of the molecule is CC1CC(CO)CNN1C. The fraction of sp³-hybridized carbons (Fsp3) is 1.00. The highest BCUT2D eigenvalue weighted by molar-refractivity contribution is 4.73. The number of hydrogen-bond acceptors (Lipinski definition) is 3. The van der Waals surface area contributed by atoms with Gasteiger partial charge in [0.25, 0.3) is 0 Å². The van der Waals surface area contributed by atoms with Crippen molar-refractivity contribution in [3.05, 3.63) is 0 Å². The lowest BCUT2D eigenvalue weighted by molar-refractivity contribution is 0.0677. The molecule has 0 aromatic heterocycles. The summed E-state index contributed by atoms with van der Waals surface area (Å²) in [6.45, 7) is 3.39. The van der Waals surface area contributed by atoms with E-state index in [0.29, 0.717) is 18.6 Å². The lowest BCUT2D eigenvalue weighted by Gasteiger charge is -2.34. The van der Waals surface area contributed by atoms with Gasteiger partial charge in [-0.1, -0.05) is 0 Å². The molecule has 60 valence electrons. The van der Waals surface area contributed by atoms with Gasteiger partial charge in [-0.25, -0.2) is 5.01 Å². The zero-order valence-corrected chi connectivity index (χ0v) is 6.67. The number of nitrogens with zero attached hydrogens (tertiary/aromatic N) is 1. The van der Waals surface area contributed by atoms with Crippen molar-refractivity contribution in [2.75, 3.05) is 20.2 Å². The van der Waals surface area contributed by atoms with Gasteiger partial charge in [-0.15, -0.1) is 0 Å². The van der Waals surface area contributed by atoms with Gasteiger partial charge in [0.15, 0.2) is 0 Å². The Hall–Kier alpha value is -0.120. The van der Waals surface area contributed by atoms with Gasteiger partial charge in [0.05, 0.1) is 0 Å². The van der Waals surface area contributed by atoms with Crippen molar-refractivity contribution in [2.45, 2.75) is 19.4 Å². The molecule has 0 saturated carbocycles. The zero-order chi connectivity index (χ0) is 7.56. The molecule has 2 atom stereocenters. The molecule has 1 aliphatic heterocycles. The number of nitrogens with one attached hydrogen (secondary N) is 1. The van der Waals surface area contributed by atoms with E-state index in [1.54, 1.807) is 0 Å². The zero-order valence-electron chi connectivity index (χ0n) is 6.67. The molecule has 0 amide bonds. The molecule has 0 aromatic rings. The van der Waals surface area contributed by atoms with Crippen molar-refractivity contribution < 1.29 is 5.11 Å². The van der Waals surface area contributed by atoms with Crippen LogP contribution in [-0.4, -0.2) is 36.4 Å². The lowest BCUT2D eigenvalue weighted by Crippen LogP contribution is -2.50. The van der Waals surface area contributed by atoms with Gasteiger partial charge in [-0.3, -0.25) is 5.43 Å². The predicted octanol–water partition coefficient (Wildman–Crippen LogP) is -0.177. The molecule has 0 spiro atoms. The maximum Gasteiger partial charge on any atom is 0.0472 e. The maximum atomic E-state index is 8.84. The summed E-state index contributed by atoms with van der Waals surface area (Å²) >= 11 is 0. The largest absolute Gasteiger partial charge is 0.396 e. The van der Waals surface area contributed by atoms with Crippen LogP contribution in [0.2, 0.25) is 0 Å². The first-order valence-electron chi connectivity index (χ1n) is 3.81. The Kier molecular flexibility index (Phi) is 2.65. The molecule has 2 N–H and O–H groups in total. The van der Waals surface area contributed by atoms with E-state index in [9.17, 15) is 0 Å². The minimum Gasteiger partial charge on any atom is -0.396 e. The van der Waals surface area contributed by atoms with E-state index >= 15 is 0 Å². The number of rotatable bonds is 1. The summed E-state index contributed by atoms with van der Waals surface area (Å²) in [5, 5.41) is 10.9. The van der Waals surface area contributed by atoms with Crippen LogP contribution in [0.1, 0.15) is 13.3 Å². The van der Waals surface area contributed by atoms with E-state index in [2.05, 4.69) is 17.4 Å². The van der Waals surface area contributed by atoms with Crippen molar-refractivity contribution in [3.8, 4) is 0 Å². The molecule has 0 bridgehead atoms. The Morgan fingerprint density at radius 1 is 1.70 bits per heavy atom. The second-order valence-corrected chi connectivity index (χ2v) is 3.11. The lowest BCUT2D eigenvalue weighted by atomic mass is 10.00. The minimum absolute atomic E-state index is 0.311. The number of hydrogen-bond donors (Lipinski definition) is 2. The molecule has 3 nitrogen and oxygen atoms in total. The Balaban J connectivity index is 2.33. The van der Waals surface area contributed by atoms with Gasteiger partial charge >= 0.3 is 0 Å². The number of aliphatic hydroxyl groups is 1. The third-order valence-electron chi connectivity index (χ3n) is 2.22. The van der Waals surface area contributed by atoms with Crippen LogP contribution in [0.4, 0.5) is 0 Å². The molecule has 0 aliphatic carbocycles. The fourth-order valence-corrected chi connectivity index (χ4v) is 1.29. The smallest absolute Gasteiger partial charge is 0.0472 e. The maximum absolute atomic E-state index is 8.84. The van der Waals surface area contributed by atoms with Gasteiger partial charge in [-0.2, -0.15) is 0 Å². The summed E-state index contributed by atoms with van der Waals surface area (Å²) in [7, 11) is 2.04. The van der Waals surface area contributed by atoms with Crippen LogP contribution in [-0.2, 0) is 0 Å². The third-order valence-corrected chi connectivity index (χ3v) is 2.22. The average molecular weight is 144 g/mol. The Morgan fingerprint density at radius 2 is 2.40 bits per heavy atom. The first-order valence-corrected chi connectivity index (χ1v) is 3.81. The van der Waals surface area contributed by atoms with E-state index in [4.69, 9.17) is 5.11 Å². The fourth-order valence-electron chi connectivity index (χ4n) is 1.29. The van der Waals surface area contributed by atoms with Crippen molar-refractivity contribution in [1.29, 1.82) is 0 Å². The molecule has 1 fully saturated rings. The Morgan fingerprint density at radius 3 is 2.90 bits per heavy atom. The quantitative estimate of drug-likeness (QED) is 0.536. The highest BCUT2D eigenvalue weighted by atomic mass is 16.3. The molecule has 1 heterocycles. The first-order chi connectivity index (χ1) is 4.74. The van der Waals surface area contributed by atoms with Crippen LogP contribution < -0.4 is 5.43 Å². The molecule has 3 heteroatoms. The number of aliphatic hydroxyl groups excluding tert-OH is 1. The van der Waals surface area contributed by atoms with Gasteiger partial charge in [-0.05, 0) is 19.3 Å². The molecule has 1 saturated heterocycles. The summed E-state index contributed by atoms with van der Waals surface area (Å²) in [5.41, 5.74) is 3.21. The van der Waals surface area contributed by atoms with Crippen LogP contribution in [0.15, 0.2) is 0 Å². The van der Waals surface area contributed by atoms with Crippen molar-refractivity contribution in [3.63, 3.8) is 0 Å². The van der Waals surface area contributed by atoms with E-state index < -0.39 is 0 Å². The van der Waals surface area contributed by atoms with Crippen LogP contribution >= 0.6 is 0 Å². The summed E-state index contributed by atoms with van der Waals surface area (Å²) in [6, 6.07) is 0.547. The molecule has 0 radical (unpaired) electrons. The van der Waals surface area contributed by atoms with E-state index in [-0.39, 0.29) is 0 Å². The summed E-state index contributed by atoms with van der Waals surface area (Å²) in [6.07, 6.45) is 1.10. The van der Waals surface area contributed by atoms with Crippen molar-refractivity contribution >= 4 is 0 Å². The van der Waals surface area contributed by atoms with Gasteiger partial charge in [0.1, 0.15) is 0 Å². The first kappa shape index (κ1) is 7.98. The van der Waals surface area contributed by atoms with E-state index in [1.165, 1.54) is 0 Å². The van der Waals surface area contributed by atoms with Crippen molar-refractivity contribution in [1.82, 2.24) is 10.4 Å². The van der Waals surface area contributed by atoms with Crippen LogP contribution in [0, 0.1) is 5.92 Å². The highest BCUT2D eigenvalue weighted by Crippen LogP contribution is 2.12. The molecular weight excluding hydrogens is 128 g/mol. The summed E-state index contributed by atoms with van der Waals surface area (Å²) in [5.74, 6) is 0.450. The van der Waals surface area contributed by atoms with Crippen LogP contribution in [0.25, 0.3) is 0 Å². The summed E-state index contributed by atoms with van der Waals surface area (Å²) in [4.78, 5) is 0.